The Hall–Kier alpha value is -1.71. The van der Waals surface area contributed by atoms with Crippen molar-refractivity contribution in [3.05, 3.63) is 23.8 Å². The molecule has 1 aromatic rings. The number of esters is 1. The Kier molecular flexibility index (Phi) is 5.27. The molecule has 0 amide bonds. The molecule has 2 rings (SSSR count). The number of ether oxygens (including phenoxy) is 1. The van der Waals surface area contributed by atoms with Crippen molar-refractivity contribution in [1.29, 1.82) is 0 Å². The van der Waals surface area contributed by atoms with Crippen molar-refractivity contribution in [1.82, 2.24) is 0 Å². The second-order valence-corrected chi connectivity index (χ2v) is 5.48. The maximum Gasteiger partial charge on any atom is 0.340 e. The Labute approximate surface area is 120 Å². The van der Waals surface area contributed by atoms with Crippen LogP contribution in [0.4, 0.5) is 11.4 Å². The predicted octanol–water partition coefficient (Wildman–Crippen LogP) is 3.58. The molecule has 1 aliphatic rings. The minimum Gasteiger partial charge on any atom is -0.465 e. The third kappa shape index (κ3) is 3.89. The van der Waals surface area contributed by atoms with Crippen LogP contribution >= 0.6 is 0 Å². The van der Waals surface area contributed by atoms with Crippen molar-refractivity contribution < 1.29 is 9.53 Å². The molecule has 0 spiro atoms. The second-order valence-electron chi connectivity index (χ2n) is 5.48. The van der Waals surface area contributed by atoms with Crippen molar-refractivity contribution in [3.63, 3.8) is 0 Å². The maximum absolute atomic E-state index is 11.8. The fourth-order valence-corrected chi connectivity index (χ4v) is 2.79. The summed E-state index contributed by atoms with van der Waals surface area (Å²) in [5.41, 5.74) is 7.69. The minimum atomic E-state index is -0.342. The Morgan fingerprint density at radius 1 is 1.20 bits per heavy atom. The predicted molar refractivity (Wildman–Crippen MR) is 81.9 cm³/mol. The van der Waals surface area contributed by atoms with Gasteiger partial charge in [0.1, 0.15) is 0 Å². The molecule has 3 N–H and O–H groups in total. The number of carbonyl (C=O) groups excluding carboxylic acids is 1. The first-order chi connectivity index (χ1) is 9.70. The second kappa shape index (κ2) is 7.17. The summed E-state index contributed by atoms with van der Waals surface area (Å²) >= 11 is 0. The highest BCUT2D eigenvalue weighted by molar-refractivity contribution is 5.96. The van der Waals surface area contributed by atoms with Gasteiger partial charge in [-0.25, -0.2) is 4.79 Å². The number of methoxy groups -OCH3 is 1. The summed E-state index contributed by atoms with van der Waals surface area (Å²) in [6.45, 7) is 0. The Bertz CT molecular complexity index is 452. The number of anilines is 2. The zero-order valence-corrected chi connectivity index (χ0v) is 12.2. The summed E-state index contributed by atoms with van der Waals surface area (Å²) in [5.74, 6) is -0.342. The maximum atomic E-state index is 11.8. The van der Waals surface area contributed by atoms with E-state index in [1.54, 1.807) is 6.07 Å². The highest BCUT2D eigenvalue weighted by atomic mass is 16.5. The normalized spacial score (nSPS) is 17.1. The standard InChI is InChI=1S/C16H24N2O2/c1-20-16(19)14-11-12(17)9-10-15(14)18-13-7-5-3-2-4-6-8-13/h9-11,13,18H,2-8,17H2,1H3. The largest absolute Gasteiger partial charge is 0.465 e. The first-order valence-electron chi connectivity index (χ1n) is 7.45. The lowest BCUT2D eigenvalue weighted by atomic mass is 9.96. The number of nitrogens with one attached hydrogen (secondary N) is 1. The summed E-state index contributed by atoms with van der Waals surface area (Å²) in [4.78, 5) is 11.8. The van der Waals surface area contributed by atoms with Gasteiger partial charge in [0.05, 0.1) is 12.7 Å². The van der Waals surface area contributed by atoms with E-state index in [9.17, 15) is 4.79 Å². The van der Waals surface area contributed by atoms with Gasteiger partial charge in [-0.3, -0.25) is 0 Å². The first kappa shape index (κ1) is 14.7. The topological polar surface area (TPSA) is 64.3 Å². The van der Waals surface area contributed by atoms with Crippen molar-refractivity contribution in [3.8, 4) is 0 Å². The van der Waals surface area contributed by atoms with Gasteiger partial charge in [-0.15, -0.1) is 0 Å². The van der Waals surface area contributed by atoms with E-state index in [1.807, 2.05) is 12.1 Å². The Balaban J connectivity index is 2.12. The summed E-state index contributed by atoms with van der Waals surface area (Å²) in [7, 11) is 1.39. The molecular weight excluding hydrogens is 252 g/mol. The smallest absolute Gasteiger partial charge is 0.340 e. The Morgan fingerprint density at radius 2 is 1.85 bits per heavy atom. The van der Waals surface area contributed by atoms with Crippen molar-refractivity contribution >= 4 is 17.3 Å². The van der Waals surface area contributed by atoms with Crippen molar-refractivity contribution in [2.45, 2.75) is 51.0 Å². The van der Waals surface area contributed by atoms with Crippen LogP contribution in [-0.2, 0) is 4.74 Å². The number of nitrogen functional groups attached to an aromatic ring is 1. The van der Waals surface area contributed by atoms with E-state index in [2.05, 4.69) is 5.32 Å². The SMILES string of the molecule is COC(=O)c1cc(N)ccc1NC1CCCCCCC1. The molecule has 0 aliphatic heterocycles. The van der Waals surface area contributed by atoms with Gasteiger partial charge in [-0.05, 0) is 31.0 Å². The molecule has 110 valence electrons. The van der Waals surface area contributed by atoms with Crippen LogP contribution in [-0.4, -0.2) is 19.1 Å². The van der Waals surface area contributed by atoms with Crippen LogP contribution in [0.3, 0.4) is 0 Å². The zero-order valence-electron chi connectivity index (χ0n) is 12.2. The molecule has 4 heteroatoms. The summed E-state index contributed by atoms with van der Waals surface area (Å²) in [6.07, 6.45) is 8.78. The van der Waals surface area contributed by atoms with Gasteiger partial charge < -0.3 is 15.8 Å². The lowest BCUT2D eigenvalue weighted by molar-refractivity contribution is 0.0602. The highest BCUT2D eigenvalue weighted by Crippen LogP contribution is 2.25. The molecule has 0 atom stereocenters. The van der Waals surface area contributed by atoms with E-state index in [1.165, 1.54) is 39.2 Å². The van der Waals surface area contributed by atoms with Gasteiger partial charge in [0.25, 0.3) is 0 Å². The number of carbonyl (C=O) groups is 1. The van der Waals surface area contributed by atoms with Crippen molar-refractivity contribution in [2.75, 3.05) is 18.2 Å². The minimum absolute atomic E-state index is 0.342. The average molecular weight is 276 g/mol. The van der Waals surface area contributed by atoms with Crippen molar-refractivity contribution in [2.24, 2.45) is 0 Å². The van der Waals surface area contributed by atoms with Crippen LogP contribution in [0.2, 0.25) is 0 Å². The number of hydrogen-bond acceptors (Lipinski definition) is 4. The van der Waals surface area contributed by atoms with Crippen LogP contribution in [0, 0.1) is 0 Å². The molecule has 0 heterocycles. The molecule has 0 saturated heterocycles. The molecular formula is C16H24N2O2. The first-order valence-corrected chi connectivity index (χ1v) is 7.45. The van der Waals surface area contributed by atoms with Gasteiger partial charge in [0.15, 0.2) is 0 Å². The zero-order chi connectivity index (χ0) is 14.4. The van der Waals surface area contributed by atoms with Gasteiger partial charge in [0.2, 0.25) is 0 Å². The van der Waals surface area contributed by atoms with E-state index < -0.39 is 0 Å². The van der Waals surface area contributed by atoms with E-state index in [0.717, 1.165) is 18.5 Å². The molecule has 1 aromatic carbocycles. The molecule has 1 aliphatic carbocycles. The third-order valence-electron chi connectivity index (χ3n) is 3.91. The molecule has 4 nitrogen and oxygen atoms in total. The molecule has 1 fully saturated rings. The lowest BCUT2D eigenvalue weighted by Crippen LogP contribution is -2.22. The van der Waals surface area contributed by atoms with Crippen LogP contribution < -0.4 is 11.1 Å². The average Bonchev–Trinajstić information content (AvgIpc) is 2.42. The van der Waals surface area contributed by atoms with E-state index in [4.69, 9.17) is 10.5 Å². The molecule has 0 radical (unpaired) electrons. The summed E-state index contributed by atoms with van der Waals surface area (Å²) in [5, 5.41) is 3.50. The number of nitrogens with two attached hydrogens (primary N) is 1. The Morgan fingerprint density at radius 3 is 2.50 bits per heavy atom. The van der Waals surface area contributed by atoms with Gasteiger partial charge >= 0.3 is 5.97 Å². The van der Waals surface area contributed by atoms with Crippen LogP contribution in [0.25, 0.3) is 0 Å². The number of hydrogen-bond donors (Lipinski definition) is 2. The fourth-order valence-electron chi connectivity index (χ4n) is 2.79. The van der Waals surface area contributed by atoms with E-state index in [0.29, 0.717) is 17.3 Å². The van der Waals surface area contributed by atoms with E-state index >= 15 is 0 Å². The molecule has 0 unspecified atom stereocenters. The molecule has 0 bridgehead atoms. The lowest BCUT2D eigenvalue weighted by Gasteiger charge is -2.23. The molecule has 20 heavy (non-hydrogen) atoms. The molecule has 0 aromatic heterocycles. The molecule has 1 saturated carbocycles. The van der Waals surface area contributed by atoms with Crippen LogP contribution in [0.5, 0.6) is 0 Å². The van der Waals surface area contributed by atoms with E-state index in [-0.39, 0.29) is 5.97 Å². The third-order valence-corrected chi connectivity index (χ3v) is 3.91. The van der Waals surface area contributed by atoms with Gasteiger partial charge in [-0.2, -0.15) is 0 Å². The summed E-state index contributed by atoms with van der Waals surface area (Å²) < 4.78 is 4.83. The highest BCUT2D eigenvalue weighted by Gasteiger charge is 2.16. The number of benzene rings is 1. The monoisotopic (exact) mass is 276 g/mol. The number of rotatable bonds is 3. The fraction of sp³-hybridized carbons (Fsp3) is 0.562. The quantitative estimate of drug-likeness (QED) is 0.654. The van der Waals surface area contributed by atoms with Crippen LogP contribution in [0.15, 0.2) is 18.2 Å². The van der Waals surface area contributed by atoms with Gasteiger partial charge in [0, 0.05) is 17.4 Å². The van der Waals surface area contributed by atoms with Crippen LogP contribution in [0.1, 0.15) is 55.3 Å². The van der Waals surface area contributed by atoms with Gasteiger partial charge in [-0.1, -0.05) is 32.1 Å². The summed E-state index contributed by atoms with van der Waals surface area (Å²) in [6, 6.07) is 5.80.